The molecule has 1 atom stereocenters. The van der Waals surface area contributed by atoms with Crippen LogP contribution in [0.15, 0.2) is 0 Å². The zero-order valence-corrected chi connectivity index (χ0v) is 12.9. The Labute approximate surface area is 113 Å². The molecule has 0 radical (unpaired) electrons. The van der Waals surface area contributed by atoms with Crippen molar-refractivity contribution in [2.75, 3.05) is 18.1 Å². The van der Waals surface area contributed by atoms with Crippen molar-refractivity contribution in [1.82, 2.24) is 5.32 Å². The molecule has 2 heteroatoms. The second-order valence-electron chi connectivity index (χ2n) is 6.09. The summed E-state index contributed by atoms with van der Waals surface area (Å²) in [6.45, 7) is 8.35. The van der Waals surface area contributed by atoms with Crippen molar-refractivity contribution in [1.29, 1.82) is 0 Å². The zero-order chi connectivity index (χ0) is 12.6. The molecule has 0 aromatic carbocycles. The van der Waals surface area contributed by atoms with E-state index in [1.807, 2.05) is 0 Å². The summed E-state index contributed by atoms with van der Waals surface area (Å²) in [6.07, 6.45) is 9.77. The molecule has 1 aliphatic heterocycles. The van der Waals surface area contributed by atoms with Crippen molar-refractivity contribution in [3.8, 4) is 0 Å². The first-order valence-electron chi connectivity index (χ1n) is 7.48. The molecule has 1 nitrogen and oxygen atoms in total. The van der Waals surface area contributed by atoms with Crippen LogP contribution in [-0.4, -0.2) is 24.1 Å². The highest BCUT2D eigenvalue weighted by atomic mass is 32.2. The second-order valence-corrected chi connectivity index (χ2v) is 7.24. The summed E-state index contributed by atoms with van der Waals surface area (Å²) < 4.78 is 0. The van der Waals surface area contributed by atoms with Crippen LogP contribution in [0.3, 0.4) is 0 Å². The van der Waals surface area contributed by atoms with Gasteiger partial charge in [-0.3, -0.25) is 0 Å². The van der Waals surface area contributed by atoms with E-state index in [-0.39, 0.29) is 0 Å². The molecule has 1 aliphatic rings. The third-order valence-electron chi connectivity index (χ3n) is 4.04. The summed E-state index contributed by atoms with van der Waals surface area (Å²) in [5.41, 5.74) is 0.507. The largest absolute Gasteiger partial charge is 0.313 e. The molecule has 0 aliphatic carbocycles. The molecule has 17 heavy (non-hydrogen) atoms. The van der Waals surface area contributed by atoms with E-state index in [4.69, 9.17) is 0 Å². The van der Waals surface area contributed by atoms with Gasteiger partial charge >= 0.3 is 0 Å². The summed E-state index contributed by atoms with van der Waals surface area (Å²) in [7, 11) is 0. The first-order chi connectivity index (χ1) is 8.17. The van der Waals surface area contributed by atoms with Crippen LogP contribution in [0.25, 0.3) is 0 Å². The monoisotopic (exact) mass is 257 g/mol. The van der Waals surface area contributed by atoms with Crippen LogP contribution in [0.4, 0.5) is 0 Å². The molecule has 1 heterocycles. The molecule has 0 amide bonds. The van der Waals surface area contributed by atoms with Gasteiger partial charge in [0.15, 0.2) is 0 Å². The molecular weight excluding hydrogens is 226 g/mol. The van der Waals surface area contributed by atoms with Crippen LogP contribution < -0.4 is 5.32 Å². The maximum atomic E-state index is 3.78. The van der Waals surface area contributed by atoms with Gasteiger partial charge in [0.2, 0.25) is 0 Å². The van der Waals surface area contributed by atoms with Crippen LogP contribution in [0.5, 0.6) is 0 Å². The van der Waals surface area contributed by atoms with Crippen LogP contribution in [0, 0.1) is 5.41 Å². The van der Waals surface area contributed by atoms with Gasteiger partial charge in [-0.15, -0.1) is 0 Å². The van der Waals surface area contributed by atoms with Gasteiger partial charge in [0.1, 0.15) is 0 Å². The van der Waals surface area contributed by atoms with Crippen LogP contribution >= 0.6 is 11.8 Å². The van der Waals surface area contributed by atoms with E-state index in [1.165, 1.54) is 63.0 Å². The second kappa shape index (κ2) is 8.42. The maximum Gasteiger partial charge on any atom is 0.0209 e. The highest BCUT2D eigenvalue weighted by molar-refractivity contribution is 7.99. The topological polar surface area (TPSA) is 12.0 Å². The molecule has 1 rings (SSSR count). The van der Waals surface area contributed by atoms with Crippen molar-refractivity contribution >= 4 is 11.8 Å². The molecule has 1 fully saturated rings. The summed E-state index contributed by atoms with van der Waals surface area (Å²) in [6, 6.07) is 0.733. The minimum Gasteiger partial charge on any atom is -0.313 e. The van der Waals surface area contributed by atoms with Crippen molar-refractivity contribution in [2.45, 2.75) is 71.8 Å². The van der Waals surface area contributed by atoms with E-state index in [9.17, 15) is 0 Å². The summed E-state index contributed by atoms with van der Waals surface area (Å²) in [4.78, 5) is 0. The lowest BCUT2D eigenvalue weighted by Gasteiger charge is -2.39. The number of unbranched alkanes of at least 4 members (excludes halogenated alkanes) is 5. The molecule has 0 spiro atoms. The normalized spacial score (nSPS) is 23.8. The molecule has 0 aromatic rings. The maximum absolute atomic E-state index is 3.78. The Hall–Kier alpha value is 0.310. The fourth-order valence-electron chi connectivity index (χ4n) is 2.45. The third kappa shape index (κ3) is 6.15. The Balaban J connectivity index is 2.01. The number of nitrogens with one attached hydrogen (secondary N) is 1. The van der Waals surface area contributed by atoms with Crippen LogP contribution in [-0.2, 0) is 0 Å². The van der Waals surface area contributed by atoms with Gasteiger partial charge in [-0.2, -0.15) is 11.8 Å². The van der Waals surface area contributed by atoms with Crippen molar-refractivity contribution in [3.63, 3.8) is 0 Å². The van der Waals surface area contributed by atoms with Gasteiger partial charge in [0.05, 0.1) is 0 Å². The standard InChI is InChI=1S/C15H31NS/c1-4-5-6-7-8-9-11-16-14-13-17-12-10-15(14,2)3/h14,16H,4-13H2,1-3H3. The fourth-order valence-corrected chi connectivity index (χ4v) is 4.09. The summed E-state index contributed by atoms with van der Waals surface area (Å²) in [5, 5.41) is 3.78. The number of hydrogen-bond donors (Lipinski definition) is 1. The van der Waals surface area contributed by atoms with E-state index in [0.717, 1.165) is 6.04 Å². The van der Waals surface area contributed by atoms with Gasteiger partial charge in [0, 0.05) is 11.8 Å². The summed E-state index contributed by atoms with van der Waals surface area (Å²) >= 11 is 2.12. The number of hydrogen-bond acceptors (Lipinski definition) is 2. The Bertz CT molecular complexity index is 191. The Morgan fingerprint density at radius 2 is 1.82 bits per heavy atom. The Morgan fingerprint density at radius 1 is 1.12 bits per heavy atom. The number of rotatable bonds is 8. The van der Waals surface area contributed by atoms with Crippen molar-refractivity contribution < 1.29 is 0 Å². The highest BCUT2D eigenvalue weighted by Crippen LogP contribution is 2.34. The molecule has 0 bridgehead atoms. The predicted octanol–water partition coefficient (Wildman–Crippen LogP) is 4.47. The summed E-state index contributed by atoms with van der Waals surface area (Å²) in [5.74, 6) is 2.66. The minimum absolute atomic E-state index is 0.507. The van der Waals surface area contributed by atoms with E-state index in [1.54, 1.807) is 0 Å². The number of thioether (sulfide) groups is 1. The minimum atomic E-state index is 0.507. The predicted molar refractivity (Wildman–Crippen MR) is 80.9 cm³/mol. The van der Waals surface area contributed by atoms with Crippen molar-refractivity contribution in [2.24, 2.45) is 5.41 Å². The molecule has 1 unspecified atom stereocenters. The Morgan fingerprint density at radius 3 is 2.53 bits per heavy atom. The highest BCUT2D eigenvalue weighted by Gasteiger charge is 2.31. The van der Waals surface area contributed by atoms with Crippen LogP contribution in [0.1, 0.15) is 65.7 Å². The van der Waals surface area contributed by atoms with E-state index in [0.29, 0.717) is 5.41 Å². The van der Waals surface area contributed by atoms with Gasteiger partial charge in [-0.05, 0) is 30.6 Å². The van der Waals surface area contributed by atoms with Gasteiger partial charge in [-0.25, -0.2) is 0 Å². The SMILES string of the molecule is CCCCCCCCNC1CSCCC1(C)C. The molecule has 1 saturated heterocycles. The molecular formula is C15H31NS. The van der Waals surface area contributed by atoms with Gasteiger partial charge in [-0.1, -0.05) is 52.9 Å². The molecule has 0 saturated carbocycles. The van der Waals surface area contributed by atoms with E-state index < -0.39 is 0 Å². The smallest absolute Gasteiger partial charge is 0.0209 e. The lowest BCUT2D eigenvalue weighted by atomic mass is 9.82. The average molecular weight is 257 g/mol. The lowest BCUT2D eigenvalue weighted by Crippen LogP contribution is -2.46. The first kappa shape index (κ1) is 15.4. The zero-order valence-electron chi connectivity index (χ0n) is 12.1. The van der Waals surface area contributed by atoms with E-state index >= 15 is 0 Å². The fraction of sp³-hybridized carbons (Fsp3) is 1.00. The first-order valence-corrected chi connectivity index (χ1v) is 8.63. The van der Waals surface area contributed by atoms with E-state index in [2.05, 4.69) is 37.8 Å². The third-order valence-corrected chi connectivity index (χ3v) is 5.10. The molecule has 102 valence electrons. The average Bonchev–Trinajstić information content (AvgIpc) is 2.29. The lowest BCUT2D eigenvalue weighted by molar-refractivity contribution is 0.245. The van der Waals surface area contributed by atoms with Gasteiger partial charge in [0.25, 0.3) is 0 Å². The van der Waals surface area contributed by atoms with Crippen molar-refractivity contribution in [3.05, 3.63) is 0 Å². The Kier molecular flexibility index (Phi) is 7.61. The quantitative estimate of drug-likeness (QED) is 0.644. The molecule has 1 N–H and O–H groups in total. The molecule has 0 aromatic heterocycles. The van der Waals surface area contributed by atoms with Crippen LogP contribution in [0.2, 0.25) is 0 Å². The van der Waals surface area contributed by atoms with Gasteiger partial charge < -0.3 is 5.32 Å².